The molecule has 0 radical (unpaired) electrons. The van der Waals surface area contributed by atoms with Crippen molar-refractivity contribution in [3.8, 4) is 67.9 Å². The van der Waals surface area contributed by atoms with E-state index in [9.17, 15) is 0 Å². The van der Waals surface area contributed by atoms with Crippen molar-refractivity contribution >= 4 is 31.5 Å². The molecule has 0 atom stereocenters. The molecule has 8 aromatic carbocycles. The van der Waals surface area contributed by atoms with Gasteiger partial charge in [-0.1, -0.05) is 170 Å². The lowest BCUT2D eigenvalue weighted by Crippen LogP contribution is -2.32. The molecule has 2 aliphatic rings. The van der Waals surface area contributed by atoms with Crippen LogP contribution in [0.2, 0.25) is 0 Å². The van der Waals surface area contributed by atoms with Crippen molar-refractivity contribution in [1.82, 2.24) is 15.0 Å². The normalized spacial score (nSPS) is 13.2. The fourth-order valence-electron chi connectivity index (χ4n) is 9.21. The third kappa shape index (κ3) is 4.70. The first-order chi connectivity index (χ1) is 28.3. The third-order valence-electron chi connectivity index (χ3n) is 11.6. The van der Waals surface area contributed by atoms with Crippen LogP contribution in [0.4, 0.5) is 0 Å². The Kier molecular flexibility index (Phi) is 6.98. The molecule has 12 rings (SSSR count). The molecule has 0 bridgehead atoms. The molecular formula is C52H31N3OS. The maximum atomic E-state index is 7.07. The van der Waals surface area contributed by atoms with Crippen LogP contribution in [0, 0.1) is 0 Å². The SMILES string of the molecule is c1ccc(-c2nc(-c3ccc4c(c3)sc3ccccc34)nc(-c3ccccc3-c3cccc4c3Oc3ccccc3C43c4ccccc4-c4ccccc43)n2)cc1. The van der Waals surface area contributed by atoms with E-state index in [2.05, 4.69) is 170 Å². The van der Waals surface area contributed by atoms with Crippen LogP contribution in [0.1, 0.15) is 22.3 Å². The zero-order valence-corrected chi connectivity index (χ0v) is 31.4. The highest BCUT2D eigenvalue weighted by Gasteiger charge is 2.51. The quantitative estimate of drug-likeness (QED) is 0.180. The molecule has 0 N–H and O–H groups in total. The summed E-state index contributed by atoms with van der Waals surface area (Å²) in [5, 5.41) is 2.50. The zero-order chi connectivity index (χ0) is 37.5. The van der Waals surface area contributed by atoms with Crippen molar-refractivity contribution < 1.29 is 4.74 Å². The number of para-hydroxylation sites is 2. The van der Waals surface area contributed by atoms with Gasteiger partial charge in [0.25, 0.3) is 0 Å². The summed E-state index contributed by atoms with van der Waals surface area (Å²) in [6.07, 6.45) is 0. The number of nitrogens with zero attached hydrogens (tertiary/aromatic N) is 3. The van der Waals surface area contributed by atoms with E-state index in [0.717, 1.165) is 50.4 Å². The Morgan fingerprint density at radius 2 is 0.930 bits per heavy atom. The highest BCUT2D eigenvalue weighted by molar-refractivity contribution is 7.25. The molecule has 266 valence electrons. The van der Waals surface area contributed by atoms with Gasteiger partial charge in [-0.15, -0.1) is 11.3 Å². The number of ether oxygens (including phenoxy) is 1. The molecule has 3 heterocycles. The molecular weight excluding hydrogens is 715 g/mol. The average molecular weight is 746 g/mol. The molecule has 10 aromatic rings. The van der Waals surface area contributed by atoms with Crippen molar-refractivity contribution in [1.29, 1.82) is 0 Å². The Hall–Kier alpha value is -7.21. The van der Waals surface area contributed by atoms with Crippen molar-refractivity contribution in [3.05, 3.63) is 210 Å². The summed E-state index contributed by atoms with van der Waals surface area (Å²) < 4.78 is 9.54. The van der Waals surface area contributed by atoms with Gasteiger partial charge in [-0.2, -0.15) is 0 Å². The van der Waals surface area contributed by atoms with Crippen molar-refractivity contribution in [2.75, 3.05) is 0 Å². The summed E-state index contributed by atoms with van der Waals surface area (Å²) in [4.78, 5) is 15.6. The predicted octanol–water partition coefficient (Wildman–Crippen LogP) is 13.4. The predicted molar refractivity (Wildman–Crippen MR) is 232 cm³/mol. The minimum absolute atomic E-state index is 0.561. The van der Waals surface area contributed by atoms with Gasteiger partial charge in [0, 0.05) is 53.6 Å². The van der Waals surface area contributed by atoms with Crippen LogP contribution < -0.4 is 4.74 Å². The molecule has 4 nitrogen and oxygen atoms in total. The molecule has 1 spiro atoms. The second kappa shape index (κ2) is 12.4. The lowest BCUT2D eigenvalue weighted by molar-refractivity contribution is 0.438. The summed E-state index contributed by atoms with van der Waals surface area (Å²) in [5.41, 5.74) is 11.5. The van der Waals surface area contributed by atoms with E-state index in [1.165, 1.54) is 42.4 Å². The van der Waals surface area contributed by atoms with Crippen molar-refractivity contribution in [3.63, 3.8) is 0 Å². The highest BCUT2D eigenvalue weighted by Crippen LogP contribution is 2.63. The Morgan fingerprint density at radius 3 is 1.72 bits per heavy atom. The molecule has 0 unspecified atom stereocenters. The molecule has 0 amide bonds. The van der Waals surface area contributed by atoms with E-state index < -0.39 is 5.41 Å². The zero-order valence-electron chi connectivity index (χ0n) is 30.6. The number of hydrogen-bond acceptors (Lipinski definition) is 5. The Bertz CT molecular complexity index is 3200. The van der Waals surface area contributed by atoms with Crippen molar-refractivity contribution in [2.24, 2.45) is 0 Å². The van der Waals surface area contributed by atoms with E-state index in [4.69, 9.17) is 19.7 Å². The van der Waals surface area contributed by atoms with Crippen molar-refractivity contribution in [2.45, 2.75) is 5.41 Å². The number of benzene rings is 8. The van der Waals surface area contributed by atoms with Crippen LogP contribution in [0.15, 0.2) is 188 Å². The van der Waals surface area contributed by atoms with E-state index >= 15 is 0 Å². The molecule has 0 fully saturated rings. The fraction of sp³-hybridized carbons (Fsp3) is 0.0192. The van der Waals surface area contributed by atoms with Crippen LogP contribution in [0.25, 0.3) is 76.6 Å². The molecule has 0 saturated carbocycles. The summed E-state index contributed by atoms with van der Waals surface area (Å²) in [6, 6.07) is 66.5. The monoisotopic (exact) mass is 745 g/mol. The first-order valence-corrected chi connectivity index (χ1v) is 20.0. The topological polar surface area (TPSA) is 47.9 Å². The van der Waals surface area contributed by atoms with E-state index in [-0.39, 0.29) is 0 Å². The van der Waals surface area contributed by atoms with Crippen LogP contribution >= 0.6 is 11.3 Å². The summed E-state index contributed by atoms with van der Waals surface area (Å²) >= 11 is 1.79. The van der Waals surface area contributed by atoms with Gasteiger partial charge in [0.15, 0.2) is 17.5 Å². The Morgan fingerprint density at radius 1 is 0.368 bits per heavy atom. The van der Waals surface area contributed by atoms with Gasteiger partial charge < -0.3 is 4.74 Å². The van der Waals surface area contributed by atoms with Crippen LogP contribution in [-0.2, 0) is 5.41 Å². The van der Waals surface area contributed by atoms with Gasteiger partial charge in [0.1, 0.15) is 11.5 Å². The van der Waals surface area contributed by atoms with Gasteiger partial charge in [-0.05, 0) is 46.0 Å². The first-order valence-electron chi connectivity index (χ1n) is 19.2. The minimum atomic E-state index is -0.561. The summed E-state index contributed by atoms with van der Waals surface area (Å²) in [5.74, 6) is 3.55. The Labute approximate surface area is 333 Å². The second-order valence-electron chi connectivity index (χ2n) is 14.6. The minimum Gasteiger partial charge on any atom is -0.456 e. The van der Waals surface area contributed by atoms with Gasteiger partial charge in [-0.3, -0.25) is 0 Å². The van der Waals surface area contributed by atoms with E-state index in [1.807, 2.05) is 18.2 Å². The molecule has 0 saturated heterocycles. The average Bonchev–Trinajstić information content (AvgIpc) is 3.80. The standard InChI is InChI=1S/C52H31N3OS/c1-2-15-32(16-3-1)49-53-50(33-29-30-38-37-20-8-13-28-46(37)57-47(38)31-33)55-51(54-49)40-21-5-4-17-34(40)39-22-14-26-44-48(39)56-45-27-12-11-25-43(45)52(44)41-23-9-6-18-35(41)36-19-7-10-24-42(36)52/h1-31H. The number of aromatic nitrogens is 3. The summed E-state index contributed by atoms with van der Waals surface area (Å²) in [7, 11) is 0. The highest BCUT2D eigenvalue weighted by atomic mass is 32.1. The summed E-state index contributed by atoms with van der Waals surface area (Å²) in [6.45, 7) is 0. The second-order valence-corrected chi connectivity index (χ2v) is 15.7. The lowest BCUT2D eigenvalue weighted by Gasteiger charge is -2.40. The van der Waals surface area contributed by atoms with Crippen LogP contribution in [0.5, 0.6) is 11.5 Å². The van der Waals surface area contributed by atoms with Crippen LogP contribution in [-0.4, -0.2) is 15.0 Å². The van der Waals surface area contributed by atoms with Gasteiger partial charge in [-0.25, -0.2) is 15.0 Å². The van der Waals surface area contributed by atoms with E-state index in [0.29, 0.717) is 17.5 Å². The van der Waals surface area contributed by atoms with Gasteiger partial charge in [0.2, 0.25) is 0 Å². The lowest BCUT2D eigenvalue weighted by atomic mass is 9.65. The molecule has 1 aliphatic carbocycles. The van der Waals surface area contributed by atoms with Crippen LogP contribution in [0.3, 0.4) is 0 Å². The van der Waals surface area contributed by atoms with Gasteiger partial charge in [0.05, 0.1) is 5.41 Å². The van der Waals surface area contributed by atoms with Gasteiger partial charge >= 0.3 is 0 Å². The number of fused-ring (bicyclic) bond motifs is 12. The number of thiophene rings is 1. The fourth-order valence-corrected chi connectivity index (χ4v) is 10.4. The molecule has 2 aromatic heterocycles. The molecule has 57 heavy (non-hydrogen) atoms. The number of rotatable bonds is 4. The maximum Gasteiger partial charge on any atom is 0.164 e. The number of hydrogen-bond donors (Lipinski definition) is 0. The maximum absolute atomic E-state index is 7.07. The molecule has 5 heteroatoms. The first kappa shape index (κ1) is 32.1. The molecule has 1 aliphatic heterocycles. The smallest absolute Gasteiger partial charge is 0.164 e. The Balaban J connectivity index is 1.08. The third-order valence-corrected chi connectivity index (χ3v) is 12.8. The van der Waals surface area contributed by atoms with E-state index in [1.54, 1.807) is 11.3 Å². The largest absolute Gasteiger partial charge is 0.456 e.